The molecule has 0 radical (unpaired) electrons. The van der Waals surface area contributed by atoms with Gasteiger partial charge in [-0.25, -0.2) is 0 Å². The maximum atomic E-state index is 10.4. The van der Waals surface area contributed by atoms with Gasteiger partial charge in [-0.2, -0.15) is 0 Å². The molecule has 1 saturated heterocycles. The molecule has 1 aromatic rings. The molecule has 0 spiro atoms. The second-order valence-electron chi connectivity index (χ2n) is 4.10. The molecule has 0 saturated carbocycles. The van der Waals surface area contributed by atoms with Gasteiger partial charge >= 0.3 is 11.4 Å². The fourth-order valence-corrected chi connectivity index (χ4v) is 1.58. The van der Waals surface area contributed by atoms with Crippen molar-refractivity contribution in [2.45, 2.75) is 0 Å². The third-order valence-electron chi connectivity index (χ3n) is 2.62. The second kappa shape index (κ2) is 7.80. The van der Waals surface area contributed by atoms with Crippen LogP contribution in [-0.4, -0.2) is 46.1 Å². The van der Waals surface area contributed by atoms with Crippen LogP contribution in [0.2, 0.25) is 0 Å². The van der Waals surface area contributed by atoms with Crippen LogP contribution in [-0.2, 0) is 0 Å². The van der Waals surface area contributed by atoms with Crippen molar-refractivity contribution in [3.63, 3.8) is 0 Å². The van der Waals surface area contributed by atoms with Crippen molar-refractivity contribution in [1.29, 1.82) is 0 Å². The van der Waals surface area contributed by atoms with Gasteiger partial charge in [0.05, 0.1) is 26.9 Å². The molecule has 0 aliphatic carbocycles. The lowest BCUT2D eigenvalue weighted by Gasteiger charge is -2.11. The molecule has 12 heteroatoms. The molecule has 0 unspecified atom stereocenters. The quantitative estimate of drug-likeness (QED) is 0.523. The zero-order valence-electron chi connectivity index (χ0n) is 11.2. The Hall–Kier alpha value is -2.86. The van der Waals surface area contributed by atoms with Crippen LogP contribution in [0.25, 0.3) is 0 Å². The van der Waals surface area contributed by atoms with E-state index in [9.17, 15) is 30.3 Å². The van der Waals surface area contributed by atoms with Crippen molar-refractivity contribution in [2.24, 2.45) is 0 Å². The summed E-state index contributed by atoms with van der Waals surface area (Å²) < 4.78 is 0. The lowest BCUT2D eigenvalue weighted by molar-refractivity contribution is -0.404. The number of nitrogens with zero attached hydrogens (tertiary/aromatic N) is 3. The van der Waals surface area contributed by atoms with Gasteiger partial charge in [0.1, 0.15) is 0 Å². The van der Waals surface area contributed by atoms with Gasteiger partial charge in [-0.1, -0.05) is 0 Å². The molecule has 12 nitrogen and oxygen atoms in total. The maximum absolute atomic E-state index is 10.4. The van der Waals surface area contributed by atoms with Crippen LogP contribution in [0.3, 0.4) is 0 Å². The van der Waals surface area contributed by atoms with Crippen molar-refractivity contribution < 1.29 is 19.9 Å². The summed E-state index contributed by atoms with van der Waals surface area (Å²) in [4.78, 5) is 27.8. The van der Waals surface area contributed by atoms with Crippen LogP contribution in [0, 0.1) is 30.3 Å². The Morgan fingerprint density at radius 2 is 1.18 bits per heavy atom. The molecular formula is C10H13N5O7. The van der Waals surface area contributed by atoms with Gasteiger partial charge in [-0.15, -0.1) is 0 Å². The van der Waals surface area contributed by atoms with Crippen molar-refractivity contribution in [1.82, 2.24) is 10.6 Å². The Morgan fingerprint density at radius 1 is 0.818 bits per heavy atom. The third kappa shape index (κ3) is 4.60. The normalized spacial score (nSPS) is 13.6. The van der Waals surface area contributed by atoms with E-state index >= 15 is 0 Å². The Bertz CT molecular complexity index is 541. The summed E-state index contributed by atoms with van der Waals surface area (Å²) in [6.07, 6.45) is 0. The Balaban J connectivity index is 0.000000335. The molecule has 120 valence electrons. The number of benzene rings is 1. The summed E-state index contributed by atoms with van der Waals surface area (Å²) >= 11 is 0. The number of hydrogen-bond donors (Lipinski definition) is 3. The highest BCUT2D eigenvalue weighted by atomic mass is 16.6. The first-order valence-corrected chi connectivity index (χ1v) is 6.06. The predicted molar refractivity (Wildman–Crippen MR) is 73.8 cm³/mol. The largest absolute Gasteiger partial charge is 0.497 e. The minimum atomic E-state index is -1.21. The number of aromatic hydroxyl groups is 1. The highest BCUT2D eigenvalue weighted by Crippen LogP contribution is 2.38. The third-order valence-corrected chi connectivity index (χ3v) is 2.62. The minimum Gasteiger partial charge on any atom is -0.497 e. The Labute approximate surface area is 123 Å². The van der Waals surface area contributed by atoms with Crippen LogP contribution in [0.1, 0.15) is 0 Å². The van der Waals surface area contributed by atoms with Gasteiger partial charge in [0.25, 0.3) is 11.4 Å². The number of hydrogen-bond acceptors (Lipinski definition) is 9. The number of nitro benzene ring substituents is 3. The number of nitro groups is 3. The smallest absolute Gasteiger partial charge is 0.324 e. The summed E-state index contributed by atoms with van der Waals surface area (Å²) in [5, 5.41) is 46.7. The summed E-state index contributed by atoms with van der Waals surface area (Å²) in [5.41, 5.74) is -3.00. The molecule has 0 aromatic heterocycles. The predicted octanol–water partition coefficient (Wildman–Crippen LogP) is 0.296. The first kappa shape index (κ1) is 17.2. The van der Waals surface area contributed by atoms with Gasteiger partial charge < -0.3 is 15.7 Å². The molecule has 1 aliphatic heterocycles. The number of phenolic OH excluding ortho intramolecular Hbond substituents is 1. The molecule has 0 atom stereocenters. The van der Waals surface area contributed by atoms with Gasteiger partial charge in [-0.3, -0.25) is 30.3 Å². The molecule has 2 rings (SSSR count). The average Bonchev–Trinajstić information content (AvgIpc) is 2.49. The van der Waals surface area contributed by atoms with E-state index < -0.39 is 37.6 Å². The molecule has 1 heterocycles. The highest BCUT2D eigenvalue weighted by Gasteiger charge is 2.30. The van der Waals surface area contributed by atoms with E-state index in [0.29, 0.717) is 12.1 Å². The zero-order chi connectivity index (χ0) is 16.7. The van der Waals surface area contributed by atoms with Crippen LogP contribution >= 0.6 is 0 Å². The maximum Gasteiger partial charge on any atom is 0.324 e. The van der Waals surface area contributed by atoms with Gasteiger partial charge in [0.15, 0.2) is 0 Å². The van der Waals surface area contributed by atoms with Crippen LogP contribution in [0.5, 0.6) is 5.75 Å². The molecular weight excluding hydrogens is 302 g/mol. The van der Waals surface area contributed by atoms with Crippen LogP contribution in [0.4, 0.5) is 17.1 Å². The van der Waals surface area contributed by atoms with E-state index in [1.165, 1.54) is 0 Å². The topological polar surface area (TPSA) is 174 Å². The minimum absolute atomic E-state index is 0.447. The van der Waals surface area contributed by atoms with E-state index in [2.05, 4.69) is 10.6 Å². The average molecular weight is 315 g/mol. The monoisotopic (exact) mass is 315 g/mol. The van der Waals surface area contributed by atoms with E-state index in [4.69, 9.17) is 5.11 Å². The Kier molecular flexibility index (Phi) is 6.09. The molecule has 1 aliphatic rings. The molecule has 1 fully saturated rings. The lowest BCUT2D eigenvalue weighted by Crippen LogP contribution is -2.39. The van der Waals surface area contributed by atoms with Crippen molar-refractivity contribution >= 4 is 17.1 Å². The lowest BCUT2D eigenvalue weighted by atomic mass is 10.2. The SMILES string of the molecule is C1CNCCN1.O=[N+]([O-])c1cc([N+](=O)[O-])c(O)c([N+](=O)[O-])c1. The van der Waals surface area contributed by atoms with E-state index in [1.54, 1.807) is 0 Å². The molecule has 0 amide bonds. The number of nitrogens with one attached hydrogen (secondary N) is 2. The molecule has 0 bridgehead atoms. The fraction of sp³-hybridized carbons (Fsp3) is 0.400. The summed E-state index contributed by atoms with van der Waals surface area (Å²) in [6, 6.07) is 0.894. The number of rotatable bonds is 3. The van der Waals surface area contributed by atoms with Crippen LogP contribution in [0.15, 0.2) is 12.1 Å². The van der Waals surface area contributed by atoms with Gasteiger partial charge in [0, 0.05) is 26.2 Å². The fourth-order valence-electron chi connectivity index (χ4n) is 1.58. The summed E-state index contributed by atoms with van der Waals surface area (Å²) in [7, 11) is 0. The first-order valence-electron chi connectivity index (χ1n) is 6.06. The Morgan fingerprint density at radius 3 is 1.41 bits per heavy atom. The van der Waals surface area contributed by atoms with Crippen LogP contribution < -0.4 is 10.6 Å². The van der Waals surface area contributed by atoms with E-state index in [-0.39, 0.29) is 0 Å². The standard InChI is InChI=1S/C6H3N3O7.C4H10N2/c10-6-4(8(13)14)1-3(7(11)12)2-5(6)9(15)16;1-2-6-4-3-5-1/h1-2,10H;5-6H,1-4H2. The van der Waals surface area contributed by atoms with Gasteiger partial charge in [0.2, 0.25) is 0 Å². The second-order valence-corrected chi connectivity index (χ2v) is 4.10. The van der Waals surface area contributed by atoms with Gasteiger partial charge in [-0.05, 0) is 0 Å². The molecule has 1 aromatic carbocycles. The molecule has 22 heavy (non-hydrogen) atoms. The number of piperazine rings is 1. The summed E-state index contributed by atoms with van der Waals surface area (Å²) in [6.45, 7) is 4.56. The van der Waals surface area contributed by atoms with E-state index in [0.717, 1.165) is 26.2 Å². The number of non-ortho nitro benzene ring substituents is 1. The van der Waals surface area contributed by atoms with Crippen molar-refractivity contribution in [2.75, 3.05) is 26.2 Å². The summed E-state index contributed by atoms with van der Waals surface area (Å²) in [5.74, 6) is -1.21. The highest BCUT2D eigenvalue weighted by molar-refractivity contribution is 5.64. The van der Waals surface area contributed by atoms with Crippen molar-refractivity contribution in [3.8, 4) is 5.75 Å². The number of phenols is 1. The first-order chi connectivity index (χ1) is 10.3. The zero-order valence-corrected chi connectivity index (χ0v) is 11.2. The molecule has 3 N–H and O–H groups in total. The van der Waals surface area contributed by atoms with E-state index in [1.807, 2.05) is 0 Å². The van der Waals surface area contributed by atoms with Crippen molar-refractivity contribution in [3.05, 3.63) is 42.5 Å².